The summed E-state index contributed by atoms with van der Waals surface area (Å²) in [5.74, 6) is -0.261. The lowest BCUT2D eigenvalue weighted by Gasteiger charge is -2.09. The van der Waals surface area contributed by atoms with Crippen LogP contribution in [0.4, 0.5) is 13.2 Å². The normalized spacial score (nSPS) is 11.6. The molecule has 0 unspecified atom stereocenters. The zero-order valence-corrected chi connectivity index (χ0v) is 17.8. The van der Waals surface area contributed by atoms with Crippen molar-refractivity contribution in [1.29, 1.82) is 0 Å². The van der Waals surface area contributed by atoms with Crippen molar-refractivity contribution in [2.75, 3.05) is 6.54 Å². The third-order valence-corrected chi connectivity index (χ3v) is 5.50. The Morgan fingerprint density at radius 2 is 1.69 bits per heavy atom. The number of alkyl halides is 3. The molecule has 0 aliphatic heterocycles. The van der Waals surface area contributed by atoms with Crippen LogP contribution in [-0.2, 0) is 19.1 Å². The SMILES string of the molecule is O=C(NCCc1cccc(C(F)(F)F)c1)c1cn(Cc2ccc(Cl)cc2)c2ccccc12. The van der Waals surface area contributed by atoms with Gasteiger partial charge >= 0.3 is 6.18 Å². The molecule has 4 aromatic rings. The predicted octanol–water partition coefficient (Wildman–Crippen LogP) is 6.33. The topological polar surface area (TPSA) is 34.0 Å². The van der Waals surface area contributed by atoms with Gasteiger partial charge < -0.3 is 9.88 Å². The molecule has 0 saturated heterocycles. The molecule has 4 rings (SSSR count). The Balaban J connectivity index is 1.48. The molecular weight excluding hydrogens is 437 g/mol. The number of hydrogen-bond donors (Lipinski definition) is 1. The van der Waals surface area contributed by atoms with Crippen LogP contribution in [0.1, 0.15) is 27.0 Å². The summed E-state index contributed by atoms with van der Waals surface area (Å²) in [6.07, 6.45) is -2.27. The minimum atomic E-state index is -4.38. The number of nitrogens with zero attached hydrogens (tertiary/aromatic N) is 1. The quantitative estimate of drug-likeness (QED) is 0.361. The molecule has 3 nitrogen and oxygen atoms in total. The largest absolute Gasteiger partial charge is 0.416 e. The summed E-state index contributed by atoms with van der Waals surface area (Å²) < 4.78 is 40.7. The minimum absolute atomic E-state index is 0.233. The number of rotatable bonds is 6. The molecular formula is C25H20ClF3N2O. The van der Waals surface area contributed by atoms with Gasteiger partial charge in [0.1, 0.15) is 0 Å². The maximum Gasteiger partial charge on any atom is 0.416 e. The highest BCUT2D eigenvalue weighted by molar-refractivity contribution is 6.30. The molecule has 32 heavy (non-hydrogen) atoms. The summed E-state index contributed by atoms with van der Waals surface area (Å²) in [6.45, 7) is 0.812. The Morgan fingerprint density at radius 3 is 2.44 bits per heavy atom. The number of fused-ring (bicyclic) bond motifs is 1. The Bertz CT molecular complexity index is 1250. The van der Waals surface area contributed by atoms with Crippen LogP contribution in [0, 0.1) is 0 Å². The molecule has 0 atom stereocenters. The molecule has 0 aliphatic carbocycles. The molecule has 0 spiro atoms. The fraction of sp³-hybridized carbons (Fsp3) is 0.160. The lowest BCUT2D eigenvalue weighted by Crippen LogP contribution is -2.25. The maximum absolute atomic E-state index is 12.9. The van der Waals surface area contributed by atoms with Gasteiger partial charge in [-0.1, -0.05) is 60.1 Å². The summed E-state index contributed by atoms with van der Waals surface area (Å²) in [5, 5.41) is 4.31. The van der Waals surface area contributed by atoms with Crippen LogP contribution < -0.4 is 5.32 Å². The van der Waals surface area contributed by atoms with E-state index in [-0.39, 0.29) is 12.5 Å². The zero-order valence-electron chi connectivity index (χ0n) is 17.0. The summed E-state index contributed by atoms with van der Waals surface area (Å²) in [4.78, 5) is 12.9. The van der Waals surface area contributed by atoms with E-state index in [0.29, 0.717) is 29.1 Å². The highest BCUT2D eigenvalue weighted by Crippen LogP contribution is 2.29. The molecule has 0 aliphatic rings. The van der Waals surface area contributed by atoms with Crippen molar-refractivity contribution in [2.45, 2.75) is 19.1 Å². The lowest BCUT2D eigenvalue weighted by molar-refractivity contribution is -0.137. The summed E-state index contributed by atoms with van der Waals surface area (Å²) >= 11 is 5.96. The van der Waals surface area contributed by atoms with Gasteiger partial charge in [0.25, 0.3) is 5.91 Å². The summed E-state index contributed by atoms with van der Waals surface area (Å²) in [7, 11) is 0. The van der Waals surface area contributed by atoms with E-state index in [1.165, 1.54) is 6.07 Å². The average Bonchev–Trinajstić information content (AvgIpc) is 3.13. The zero-order chi connectivity index (χ0) is 22.7. The number of amides is 1. The van der Waals surface area contributed by atoms with Crippen molar-refractivity contribution in [3.63, 3.8) is 0 Å². The van der Waals surface area contributed by atoms with E-state index in [2.05, 4.69) is 5.32 Å². The van der Waals surface area contributed by atoms with Gasteiger partial charge in [0.2, 0.25) is 0 Å². The van der Waals surface area contributed by atoms with Crippen LogP contribution >= 0.6 is 11.6 Å². The minimum Gasteiger partial charge on any atom is -0.352 e. The van der Waals surface area contributed by atoms with Gasteiger partial charge in [0, 0.05) is 35.2 Å². The van der Waals surface area contributed by atoms with E-state index in [4.69, 9.17) is 11.6 Å². The average molecular weight is 457 g/mol. The van der Waals surface area contributed by atoms with E-state index in [0.717, 1.165) is 28.6 Å². The van der Waals surface area contributed by atoms with Crippen LogP contribution in [-0.4, -0.2) is 17.0 Å². The highest BCUT2D eigenvalue weighted by atomic mass is 35.5. The van der Waals surface area contributed by atoms with Crippen LogP contribution in [0.2, 0.25) is 5.02 Å². The second-order valence-electron chi connectivity index (χ2n) is 7.52. The van der Waals surface area contributed by atoms with Gasteiger partial charge in [0.15, 0.2) is 0 Å². The molecule has 3 aromatic carbocycles. The number of halogens is 4. The third-order valence-electron chi connectivity index (χ3n) is 5.25. The Labute approximate surface area is 188 Å². The van der Waals surface area contributed by atoms with E-state index >= 15 is 0 Å². The third kappa shape index (κ3) is 4.97. The van der Waals surface area contributed by atoms with Crippen LogP contribution in [0.3, 0.4) is 0 Å². The molecule has 0 fully saturated rings. The number of benzene rings is 3. The van der Waals surface area contributed by atoms with Gasteiger partial charge in [-0.2, -0.15) is 13.2 Å². The molecule has 1 amide bonds. The Hall–Kier alpha value is -3.25. The Morgan fingerprint density at radius 1 is 0.938 bits per heavy atom. The van der Waals surface area contributed by atoms with E-state index in [9.17, 15) is 18.0 Å². The fourth-order valence-electron chi connectivity index (χ4n) is 3.66. The number of nitrogens with one attached hydrogen (secondary N) is 1. The van der Waals surface area contributed by atoms with Gasteiger partial charge in [-0.3, -0.25) is 4.79 Å². The molecule has 164 valence electrons. The second kappa shape index (κ2) is 9.09. The van der Waals surface area contributed by atoms with Gasteiger partial charge in [-0.15, -0.1) is 0 Å². The first-order valence-electron chi connectivity index (χ1n) is 10.1. The number of para-hydroxylation sites is 1. The van der Waals surface area contributed by atoms with Crippen molar-refractivity contribution in [3.8, 4) is 0 Å². The van der Waals surface area contributed by atoms with Gasteiger partial charge in [-0.25, -0.2) is 0 Å². The molecule has 0 bridgehead atoms. The first-order chi connectivity index (χ1) is 15.3. The number of aromatic nitrogens is 1. The lowest BCUT2D eigenvalue weighted by atomic mass is 10.1. The first-order valence-corrected chi connectivity index (χ1v) is 10.5. The fourth-order valence-corrected chi connectivity index (χ4v) is 3.79. The van der Waals surface area contributed by atoms with Crippen LogP contribution in [0.25, 0.3) is 10.9 Å². The summed E-state index contributed by atoms with van der Waals surface area (Å²) in [6, 6.07) is 20.3. The van der Waals surface area contributed by atoms with E-state index in [1.807, 2.05) is 53.1 Å². The van der Waals surface area contributed by atoms with Crippen LogP contribution in [0.15, 0.2) is 79.0 Å². The standard InChI is InChI=1S/C25H20ClF3N2O/c26-20-10-8-18(9-11-20)15-31-16-22(21-6-1-2-7-23(21)31)24(32)30-13-12-17-4-3-5-19(14-17)25(27,28)29/h1-11,14,16H,12-13,15H2,(H,30,32). The summed E-state index contributed by atoms with van der Waals surface area (Å²) in [5.41, 5.74) is 2.33. The van der Waals surface area contributed by atoms with Crippen molar-refractivity contribution >= 4 is 28.4 Å². The molecule has 0 saturated carbocycles. The molecule has 1 aromatic heterocycles. The molecule has 1 N–H and O–H groups in total. The van der Waals surface area contributed by atoms with E-state index < -0.39 is 11.7 Å². The predicted molar refractivity (Wildman–Crippen MR) is 120 cm³/mol. The van der Waals surface area contributed by atoms with Crippen molar-refractivity contribution in [1.82, 2.24) is 9.88 Å². The van der Waals surface area contributed by atoms with Crippen molar-refractivity contribution in [3.05, 3.63) is 106 Å². The highest BCUT2D eigenvalue weighted by Gasteiger charge is 2.30. The Kier molecular flexibility index (Phi) is 6.24. The van der Waals surface area contributed by atoms with Crippen molar-refractivity contribution in [2.24, 2.45) is 0 Å². The monoisotopic (exact) mass is 456 g/mol. The van der Waals surface area contributed by atoms with Gasteiger partial charge in [-0.05, 0) is 41.8 Å². The number of hydrogen-bond acceptors (Lipinski definition) is 1. The number of carbonyl (C=O) groups is 1. The molecule has 1 heterocycles. The number of carbonyl (C=O) groups excluding carboxylic acids is 1. The molecule has 7 heteroatoms. The van der Waals surface area contributed by atoms with E-state index in [1.54, 1.807) is 12.3 Å². The molecule has 0 radical (unpaired) electrons. The smallest absolute Gasteiger partial charge is 0.352 e. The van der Waals surface area contributed by atoms with Crippen molar-refractivity contribution < 1.29 is 18.0 Å². The van der Waals surface area contributed by atoms with Gasteiger partial charge in [0.05, 0.1) is 11.1 Å². The first kappa shape index (κ1) is 22.0. The van der Waals surface area contributed by atoms with Crippen LogP contribution in [0.5, 0.6) is 0 Å². The second-order valence-corrected chi connectivity index (χ2v) is 7.95. The maximum atomic E-state index is 12.9.